The standard InChI is InChI=1S/C14H23BrN2O3/c1-13(2,3)19-12(18)17-7-5-10(6-8-17)14(4)9-11(15)16-20-14/h10H,5-9H2,1-4H3. The Balaban J connectivity index is 1.85. The summed E-state index contributed by atoms with van der Waals surface area (Å²) in [6.45, 7) is 9.20. The van der Waals surface area contributed by atoms with Crippen molar-refractivity contribution in [1.82, 2.24) is 4.90 Å². The number of halogens is 1. The number of carbonyl (C=O) groups excluding carboxylic acids is 1. The number of rotatable bonds is 1. The molecular formula is C14H23BrN2O3. The summed E-state index contributed by atoms with van der Waals surface area (Å²) in [6.07, 6.45) is 2.44. The lowest BCUT2D eigenvalue weighted by atomic mass is 9.80. The molecule has 0 aromatic carbocycles. The summed E-state index contributed by atoms with van der Waals surface area (Å²) in [5.74, 6) is 0.417. The van der Waals surface area contributed by atoms with Crippen LogP contribution >= 0.6 is 15.9 Å². The van der Waals surface area contributed by atoms with E-state index in [-0.39, 0.29) is 11.7 Å². The second kappa shape index (κ2) is 5.54. The maximum Gasteiger partial charge on any atom is 0.410 e. The molecule has 6 heteroatoms. The third-order valence-corrected chi connectivity index (χ3v) is 4.29. The zero-order chi connectivity index (χ0) is 15.0. The summed E-state index contributed by atoms with van der Waals surface area (Å²) >= 11 is 3.39. The lowest BCUT2D eigenvalue weighted by Gasteiger charge is -2.39. The fourth-order valence-electron chi connectivity index (χ4n) is 2.73. The highest BCUT2D eigenvalue weighted by atomic mass is 79.9. The van der Waals surface area contributed by atoms with Crippen molar-refractivity contribution in [3.8, 4) is 0 Å². The molecule has 0 radical (unpaired) electrons. The van der Waals surface area contributed by atoms with Crippen molar-refractivity contribution in [2.45, 2.75) is 58.2 Å². The van der Waals surface area contributed by atoms with Gasteiger partial charge in [-0.1, -0.05) is 5.16 Å². The number of piperidine rings is 1. The van der Waals surface area contributed by atoms with Gasteiger partial charge in [0.05, 0.1) is 0 Å². The summed E-state index contributed by atoms with van der Waals surface area (Å²) < 4.78 is 6.28. The Morgan fingerprint density at radius 1 is 1.45 bits per heavy atom. The van der Waals surface area contributed by atoms with Crippen LogP contribution in [0.3, 0.4) is 0 Å². The van der Waals surface area contributed by atoms with E-state index in [1.165, 1.54) is 0 Å². The molecule has 0 N–H and O–H groups in total. The van der Waals surface area contributed by atoms with Crippen LogP contribution in [0.2, 0.25) is 0 Å². The number of ether oxygens (including phenoxy) is 1. The molecule has 1 amide bonds. The zero-order valence-electron chi connectivity index (χ0n) is 12.6. The van der Waals surface area contributed by atoms with E-state index in [1.807, 2.05) is 20.8 Å². The lowest BCUT2D eigenvalue weighted by Crippen LogP contribution is -2.46. The van der Waals surface area contributed by atoms with Crippen molar-refractivity contribution in [3.05, 3.63) is 0 Å². The molecule has 2 heterocycles. The third kappa shape index (κ3) is 3.65. The molecule has 1 fully saturated rings. The minimum atomic E-state index is -0.437. The number of hydrogen-bond acceptors (Lipinski definition) is 4. The van der Waals surface area contributed by atoms with Crippen LogP contribution in [0.5, 0.6) is 0 Å². The number of oxime groups is 1. The Hall–Kier alpha value is -0.780. The average Bonchev–Trinajstić information content (AvgIpc) is 2.69. The maximum absolute atomic E-state index is 12.0. The molecular weight excluding hydrogens is 324 g/mol. The summed E-state index contributed by atoms with van der Waals surface area (Å²) in [5.41, 5.74) is -0.675. The molecule has 2 aliphatic rings. The van der Waals surface area contributed by atoms with Gasteiger partial charge in [-0.05, 0) is 56.5 Å². The monoisotopic (exact) mass is 346 g/mol. The first kappa shape index (κ1) is 15.6. The Bertz CT molecular complexity index is 411. The van der Waals surface area contributed by atoms with Crippen LogP contribution < -0.4 is 0 Å². The molecule has 0 aromatic heterocycles. The van der Waals surface area contributed by atoms with Gasteiger partial charge in [-0.15, -0.1) is 0 Å². The van der Waals surface area contributed by atoms with Crippen molar-refractivity contribution >= 4 is 26.6 Å². The van der Waals surface area contributed by atoms with Gasteiger partial charge in [0.15, 0.2) is 0 Å². The Labute approximate surface area is 128 Å². The van der Waals surface area contributed by atoms with E-state index in [4.69, 9.17) is 9.57 Å². The molecule has 114 valence electrons. The molecule has 1 saturated heterocycles. The summed E-state index contributed by atoms with van der Waals surface area (Å²) in [4.78, 5) is 19.4. The quantitative estimate of drug-likeness (QED) is 0.729. The second-order valence-electron chi connectivity index (χ2n) is 6.79. The average molecular weight is 347 g/mol. The van der Waals surface area contributed by atoms with Crippen LogP contribution in [-0.4, -0.2) is 39.9 Å². The number of carbonyl (C=O) groups is 1. The summed E-state index contributed by atoms with van der Waals surface area (Å²) in [5, 5.41) is 4.00. The largest absolute Gasteiger partial charge is 0.444 e. The molecule has 0 aliphatic carbocycles. The first-order valence-corrected chi connectivity index (χ1v) is 7.87. The van der Waals surface area contributed by atoms with Crippen LogP contribution in [0.4, 0.5) is 4.79 Å². The molecule has 2 aliphatic heterocycles. The highest BCUT2D eigenvalue weighted by Gasteiger charge is 2.43. The smallest absolute Gasteiger partial charge is 0.410 e. The van der Waals surface area contributed by atoms with Gasteiger partial charge in [0.2, 0.25) is 0 Å². The molecule has 0 saturated carbocycles. The van der Waals surface area contributed by atoms with Gasteiger partial charge in [-0.2, -0.15) is 0 Å². The third-order valence-electron chi connectivity index (χ3n) is 3.86. The van der Waals surface area contributed by atoms with Crippen molar-refractivity contribution in [2.24, 2.45) is 11.1 Å². The van der Waals surface area contributed by atoms with E-state index in [2.05, 4.69) is 28.0 Å². The molecule has 5 nitrogen and oxygen atoms in total. The fourth-order valence-corrected chi connectivity index (χ4v) is 3.36. The lowest BCUT2D eigenvalue weighted by molar-refractivity contribution is -0.0683. The van der Waals surface area contributed by atoms with Gasteiger partial charge < -0.3 is 14.5 Å². The molecule has 1 unspecified atom stereocenters. The van der Waals surface area contributed by atoms with Crippen molar-refractivity contribution in [2.75, 3.05) is 13.1 Å². The Morgan fingerprint density at radius 2 is 2.05 bits per heavy atom. The van der Waals surface area contributed by atoms with Gasteiger partial charge in [-0.25, -0.2) is 4.79 Å². The highest BCUT2D eigenvalue weighted by molar-refractivity contribution is 9.18. The predicted octanol–water partition coefficient (Wildman–Crippen LogP) is 3.52. The van der Waals surface area contributed by atoms with E-state index >= 15 is 0 Å². The van der Waals surface area contributed by atoms with Gasteiger partial charge in [0.1, 0.15) is 15.8 Å². The molecule has 1 atom stereocenters. The first-order chi connectivity index (χ1) is 9.20. The van der Waals surface area contributed by atoms with Gasteiger partial charge in [0, 0.05) is 25.4 Å². The maximum atomic E-state index is 12.0. The fraction of sp³-hybridized carbons (Fsp3) is 0.857. The van der Waals surface area contributed by atoms with E-state index < -0.39 is 5.60 Å². The summed E-state index contributed by atoms with van der Waals surface area (Å²) in [6, 6.07) is 0. The Morgan fingerprint density at radius 3 is 2.50 bits per heavy atom. The van der Waals surface area contributed by atoms with Gasteiger partial charge >= 0.3 is 6.09 Å². The molecule has 2 rings (SSSR count). The highest BCUT2D eigenvalue weighted by Crippen LogP contribution is 2.38. The number of hydrogen-bond donors (Lipinski definition) is 0. The molecule has 0 aromatic rings. The van der Waals surface area contributed by atoms with Gasteiger partial charge in [0.25, 0.3) is 0 Å². The molecule has 0 bridgehead atoms. The number of nitrogens with zero attached hydrogens (tertiary/aromatic N) is 2. The van der Waals surface area contributed by atoms with Crippen molar-refractivity contribution in [1.29, 1.82) is 0 Å². The van der Waals surface area contributed by atoms with Crippen LogP contribution in [0, 0.1) is 5.92 Å². The predicted molar refractivity (Wildman–Crippen MR) is 81.0 cm³/mol. The Kier molecular flexibility index (Phi) is 4.33. The molecule has 20 heavy (non-hydrogen) atoms. The first-order valence-electron chi connectivity index (χ1n) is 7.08. The van der Waals surface area contributed by atoms with E-state index in [0.717, 1.165) is 37.0 Å². The SMILES string of the molecule is CC(C)(C)OC(=O)N1CCC(C2(C)CC(Br)=NO2)CC1. The number of likely N-dealkylation sites (tertiary alicyclic amines) is 1. The molecule has 0 spiro atoms. The summed E-state index contributed by atoms with van der Waals surface area (Å²) in [7, 11) is 0. The van der Waals surface area contributed by atoms with E-state index in [0.29, 0.717) is 5.92 Å². The van der Waals surface area contributed by atoms with Crippen LogP contribution in [-0.2, 0) is 9.57 Å². The number of amides is 1. The normalized spacial score (nSPS) is 28.1. The minimum absolute atomic E-state index is 0.217. The van der Waals surface area contributed by atoms with E-state index in [1.54, 1.807) is 4.90 Å². The van der Waals surface area contributed by atoms with Gasteiger partial charge in [-0.3, -0.25) is 0 Å². The zero-order valence-corrected chi connectivity index (χ0v) is 14.2. The topological polar surface area (TPSA) is 51.1 Å². The van der Waals surface area contributed by atoms with Crippen LogP contribution in [0.25, 0.3) is 0 Å². The van der Waals surface area contributed by atoms with Crippen LogP contribution in [0.1, 0.15) is 47.0 Å². The minimum Gasteiger partial charge on any atom is -0.444 e. The second-order valence-corrected chi connectivity index (χ2v) is 7.71. The van der Waals surface area contributed by atoms with Crippen LogP contribution in [0.15, 0.2) is 5.16 Å². The van der Waals surface area contributed by atoms with Crippen molar-refractivity contribution < 1.29 is 14.4 Å². The van der Waals surface area contributed by atoms with Crippen molar-refractivity contribution in [3.63, 3.8) is 0 Å². The van der Waals surface area contributed by atoms with E-state index in [9.17, 15) is 4.79 Å².